The molecule has 1 aliphatic rings. The maximum absolute atomic E-state index is 12.4. The number of piperazine rings is 1. The molecule has 1 aromatic heterocycles. The van der Waals surface area contributed by atoms with Crippen molar-refractivity contribution in [3.63, 3.8) is 0 Å². The number of hydrogen-bond donors (Lipinski definition) is 1. The number of aromatic nitrogens is 1. The Morgan fingerprint density at radius 1 is 1.30 bits per heavy atom. The van der Waals surface area contributed by atoms with Crippen molar-refractivity contribution in [2.75, 3.05) is 65.3 Å². The Balaban J connectivity index is 0.00000242. The van der Waals surface area contributed by atoms with Crippen molar-refractivity contribution in [1.82, 2.24) is 20.1 Å². The van der Waals surface area contributed by atoms with Crippen LogP contribution in [0.3, 0.4) is 0 Å². The molecule has 0 aliphatic carbocycles. The summed E-state index contributed by atoms with van der Waals surface area (Å²) in [6, 6.07) is 3.70. The lowest BCUT2D eigenvalue weighted by Gasteiger charge is -2.33. The lowest BCUT2D eigenvalue weighted by molar-refractivity contribution is 0.0796. The number of rotatable bonds is 5. The lowest BCUT2D eigenvalue weighted by atomic mass is 10.2. The number of hydrogen-bond acceptors (Lipinski definition) is 5. The van der Waals surface area contributed by atoms with Crippen molar-refractivity contribution < 1.29 is 4.79 Å². The van der Waals surface area contributed by atoms with Crippen molar-refractivity contribution in [2.24, 2.45) is 0 Å². The summed E-state index contributed by atoms with van der Waals surface area (Å²) in [5.41, 5.74) is 0.706. The monoisotopic (exact) mass is 363 g/mol. The van der Waals surface area contributed by atoms with E-state index in [0.29, 0.717) is 12.1 Å². The van der Waals surface area contributed by atoms with E-state index in [1.807, 2.05) is 20.2 Å². The van der Waals surface area contributed by atoms with Gasteiger partial charge in [0.25, 0.3) is 5.91 Å². The third kappa shape index (κ3) is 6.14. The first-order valence-corrected chi connectivity index (χ1v) is 7.41. The molecule has 0 spiro atoms. The van der Waals surface area contributed by atoms with Crippen LogP contribution in [0.15, 0.2) is 18.3 Å². The SMILES string of the molecule is CNCCN(C)C(=O)c1ccnc(N2CCN(C)CC2)c1.Cl.Cl. The van der Waals surface area contributed by atoms with Gasteiger partial charge in [0.05, 0.1) is 0 Å². The van der Waals surface area contributed by atoms with Crippen LogP contribution in [0.25, 0.3) is 0 Å². The summed E-state index contributed by atoms with van der Waals surface area (Å²) in [6.07, 6.45) is 1.73. The minimum Gasteiger partial charge on any atom is -0.354 e. The van der Waals surface area contributed by atoms with Gasteiger partial charge in [-0.2, -0.15) is 0 Å². The third-order valence-corrected chi connectivity index (χ3v) is 3.86. The van der Waals surface area contributed by atoms with Gasteiger partial charge in [-0.1, -0.05) is 0 Å². The number of pyridine rings is 1. The first-order chi connectivity index (χ1) is 10.1. The zero-order chi connectivity index (χ0) is 15.2. The average molecular weight is 364 g/mol. The van der Waals surface area contributed by atoms with Crippen molar-refractivity contribution >= 4 is 36.5 Å². The van der Waals surface area contributed by atoms with Crippen LogP contribution in [-0.4, -0.2) is 81.1 Å². The zero-order valence-corrected chi connectivity index (χ0v) is 15.6. The van der Waals surface area contributed by atoms with E-state index < -0.39 is 0 Å². The first-order valence-electron chi connectivity index (χ1n) is 7.41. The van der Waals surface area contributed by atoms with Gasteiger partial charge in [-0.05, 0) is 26.2 Å². The molecule has 6 nitrogen and oxygen atoms in total. The quantitative estimate of drug-likeness (QED) is 0.844. The third-order valence-electron chi connectivity index (χ3n) is 3.86. The van der Waals surface area contributed by atoms with Crippen LogP contribution < -0.4 is 10.2 Å². The molecule has 0 atom stereocenters. The summed E-state index contributed by atoms with van der Waals surface area (Å²) in [6.45, 7) is 5.46. The van der Waals surface area contributed by atoms with E-state index in [0.717, 1.165) is 38.5 Å². The Bertz CT molecular complexity index is 481. The predicted molar refractivity (Wildman–Crippen MR) is 99.3 cm³/mol. The van der Waals surface area contributed by atoms with Gasteiger partial charge in [0.2, 0.25) is 0 Å². The van der Waals surface area contributed by atoms with E-state index in [2.05, 4.69) is 27.1 Å². The van der Waals surface area contributed by atoms with Crippen molar-refractivity contribution in [3.05, 3.63) is 23.9 Å². The standard InChI is InChI=1S/C15H25N5O.2ClH/c1-16-6-7-19(3)15(21)13-4-5-17-14(12-13)20-10-8-18(2)9-11-20;;/h4-5,12,16H,6-11H2,1-3H3;2*1H. The largest absolute Gasteiger partial charge is 0.354 e. The normalized spacial score (nSPS) is 14.7. The molecule has 0 aromatic carbocycles. The van der Waals surface area contributed by atoms with E-state index in [9.17, 15) is 4.79 Å². The lowest BCUT2D eigenvalue weighted by Crippen LogP contribution is -2.44. The van der Waals surface area contributed by atoms with Crippen LogP contribution in [0, 0.1) is 0 Å². The number of carbonyl (C=O) groups is 1. The molecule has 1 aromatic rings. The Morgan fingerprint density at radius 3 is 2.57 bits per heavy atom. The van der Waals surface area contributed by atoms with Gasteiger partial charge in [-0.15, -0.1) is 24.8 Å². The van der Waals surface area contributed by atoms with Gasteiger partial charge in [0.15, 0.2) is 0 Å². The molecule has 0 bridgehead atoms. The molecular formula is C15H27Cl2N5O. The van der Waals surface area contributed by atoms with E-state index in [-0.39, 0.29) is 30.7 Å². The summed E-state index contributed by atoms with van der Waals surface area (Å²) in [4.78, 5) is 23.1. The maximum Gasteiger partial charge on any atom is 0.253 e. The molecule has 0 unspecified atom stereocenters. The number of amides is 1. The maximum atomic E-state index is 12.4. The summed E-state index contributed by atoms with van der Waals surface area (Å²) < 4.78 is 0. The molecule has 1 amide bonds. The number of carbonyl (C=O) groups excluding carboxylic acids is 1. The fourth-order valence-electron chi connectivity index (χ4n) is 2.36. The highest BCUT2D eigenvalue weighted by molar-refractivity contribution is 5.94. The van der Waals surface area contributed by atoms with Crippen molar-refractivity contribution in [2.45, 2.75) is 0 Å². The molecule has 1 saturated heterocycles. The Hall–Kier alpha value is -1.08. The van der Waals surface area contributed by atoms with E-state index >= 15 is 0 Å². The summed E-state index contributed by atoms with van der Waals surface area (Å²) >= 11 is 0. The van der Waals surface area contributed by atoms with Gasteiger partial charge in [0.1, 0.15) is 5.82 Å². The van der Waals surface area contributed by atoms with Gasteiger partial charge in [0, 0.05) is 58.1 Å². The van der Waals surface area contributed by atoms with Crippen LogP contribution in [0.5, 0.6) is 0 Å². The van der Waals surface area contributed by atoms with E-state index in [1.165, 1.54) is 0 Å². The first kappa shape index (κ1) is 21.9. The topological polar surface area (TPSA) is 51.7 Å². The van der Waals surface area contributed by atoms with Crippen LogP contribution >= 0.6 is 24.8 Å². The molecule has 2 rings (SSSR count). The Kier molecular flexibility index (Phi) is 10.1. The van der Waals surface area contributed by atoms with Crippen LogP contribution in [0.4, 0.5) is 5.82 Å². The molecule has 1 N–H and O–H groups in total. The highest BCUT2D eigenvalue weighted by atomic mass is 35.5. The van der Waals surface area contributed by atoms with E-state index in [1.54, 1.807) is 17.2 Å². The van der Waals surface area contributed by atoms with Crippen LogP contribution in [0.1, 0.15) is 10.4 Å². The summed E-state index contributed by atoms with van der Waals surface area (Å²) in [7, 11) is 5.84. The molecule has 8 heteroatoms. The molecule has 0 radical (unpaired) electrons. The number of halogens is 2. The molecule has 1 aliphatic heterocycles. The van der Waals surface area contributed by atoms with Gasteiger partial charge < -0.3 is 20.0 Å². The Labute approximate surface area is 151 Å². The smallest absolute Gasteiger partial charge is 0.253 e. The second kappa shape index (κ2) is 10.6. The summed E-state index contributed by atoms with van der Waals surface area (Å²) in [5.74, 6) is 0.944. The van der Waals surface area contributed by atoms with Crippen molar-refractivity contribution in [1.29, 1.82) is 0 Å². The average Bonchev–Trinajstić information content (AvgIpc) is 2.52. The molecule has 2 heterocycles. The van der Waals surface area contributed by atoms with Gasteiger partial charge in [-0.25, -0.2) is 4.98 Å². The highest BCUT2D eigenvalue weighted by Gasteiger charge is 2.17. The van der Waals surface area contributed by atoms with Gasteiger partial charge >= 0.3 is 0 Å². The number of nitrogens with zero attached hydrogens (tertiary/aromatic N) is 4. The fraction of sp³-hybridized carbons (Fsp3) is 0.600. The predicted octanol–water partition coefficient (Wildman–Crippen LogP) is 0.968. The molecule has 1 fully saturated rings. The number of nitrogens with one attached hydrogen (secondary N) is 1. The molecular weight excluding hydrogens is 337 g/mol. The second-order valence-corrected chi connectivity index (χ2v) is 5.52. The molecule has 0 saturated carbocycles. The van der Waals surface area contributed by atoms with Gasteiger partial charge in [-0.3, -0.25) is 4.79 Å². The molecule has 132 valence electrons. The molecule has 23 heavy (non-hydrogen) atoms. The van der Waals surface area contributed by atoms with E-state index in [4.69, 9.17) is 0 Å². The van der Waals surface area contributed by atoms with Crippen LogP contribution in [-0.2, 0) is 0 Å². The minimum atomic E-state index is 0. The fourth-order valence-corrected chi connectivity index (χ4v) is 2.36. The number of likely N-dealkylation sites (N-methyl/N-ethyl adjacent to an activating group) is 3. The minimum absolute atomic E-state index is 0. The van der Waals surface area contributed by atoms with Crippen LogP contribution in [0.2, 0.25) is 0 Å². The summed E-state index contributed by atoms with van der Waals surface area (Å²) in [5, 5.41) is 3.05. The second-order valence-electron chi connectivity index (χ2n) is 5.52. The zero-order valence-electron chi connectivity index (χ0n) is 14.0. The number of anilines is 1. The van der Waals surface area contributed by atoms with Crippen molar-refractivity contribution in [3.8, 4) is 0 Å². The highest BCUT2D eigenvalue weighted by Crippen LogP contribution is 2.15. The Morgan fingerprint density at radius 2 is 1.96 bits per heavy atom.